The molecule has 1 heterocycles. The molecule has 0 aliphatic heterocycles. The quantitative estimate of drug-likeness (QED) is 0.813. The molecule has 1 aromatic carbocycles. The molecule has 15 heavy (non-hydrogen) atoms. The number of methoxy groups -OCH3 is 1. The molecule has 78 valence electrons. The first-order chi connectivity index (χ1) is 7.29. The van der Waals surface area contributed by atoms with Crippen LogP contribution in [0.1, 0.15) is 5.56 Å². The van der Waals surface area contributed by atoms with Gasteiger partial charge in [-0.25, -0.2) is 4.68 Å². The van der Waals surface area contributed by atoms with Crippen LogP contribution in [0.3, 0.4) is 0 Å². The van der Waals surface area contributed by atoms with Crippen LogP contribution in [0.25, 0.3) is 0 Å². The molecule has 0 fully saturated rings. The predicted molar refractivity (Wildman–Crippen MR) is 64.8 cm³/mol. The monoisotopic (exact) mass is 315 g/mol. The Hall–Kier alpha value is -1.11. The third kappa shape index (κ3) is 2.47. The number of ether oxygens (including phenoxy) is 1. The topological polar surface area (TPSA) is 39.9 Å². The van der Waals surface area contributed by atoms with Crippen molar-refractivity contribution in [2.24, 2.45) is 0 Å². The van der Waals surface area contributed by atoms with E-state index in [4.69, 9.17) is 4.74 Å². The van der Waals surface area contributed by atoms with Gasteiger partial charge in [-0.3, -0.25) is 0 Å². The van der Waals surface area contributed by atoms with Gasteiger partial charge in [0.25, 0.3) is 0 Å². The Balaban J connectivity index is 2.21. The van der Waals surface area contributed by atoms with Gasteiger partial charge in [0, 0.05) is 0 Å². The molecule has 5 heteroatoms. The van der Waals surface area contributed by atoms with Crippen LogP contribution in [0.5, 0.6) is 5.75 Å². The van der Waals surface area contributed by atoms with Crippen LogP contribution < -0.4 is 4.74 Å². The third-order valence-corrected chi connectivity index (χ3v) is 2.87. The van der Waals surface area contributed by atoms with Gasteiger partial charge in [-0.2, -0.15) is 0 Å². The molecule has 0 atom stereocenters. The second kappa shape index (κ2) is 4.61. The largest absolute Gasteiger partial charge is 0.497 e. The summed E-state index contributed by atoms with van der Waals surface area (Å²) in [5, 5.41) is 7.82. The van der Waals surface area contributed by atoms with E-state index < -0.39 is 0 Å². The Kier molecular flexibility index (Phi) is 3.20. The van der Waals surface area contributed by atoms with Gasteiger partial charge in [0.15, 0.2) is 0 Å². The molecule has 0 spiro atoms. The van der Waals surface area contributed by atoms with E-state index in [1.807, 2.05) is 28.9 Å². The summed E-state index contributed by atoms with van der Waals surface area (Å²) in [5.41, 5.74) is 1.15. The van der Waals surface area contributed by atoms with E-state index in [2.05, 4.69) is 32.9 Å². The lowest BCUT2D eigenvalue weighted by Gasteiger charge is -2.04. The molecule has 0 N–H and O–H groups in total. The highest BCUT2D eigenvalue weighted by Crippen LogP contribution is 2.14. The Morgan fingerprint density at radius 2 is 2.33 bits per heavy atom. The fourth-order valence-electron chi connectivity index (χ4n) is 1.30. The van der Waals surface area contributed by atoms with Crippen molar-refractivity contribution in [1.82, 2.24) is 15.0 Å². The summed E-state index contributed by atoms with van der Waals surface area (Å²) in [6.07, 6.45) is 1.74. The van der Waals surface area contributed by atoms with Gasteiger partial charge in [0.05, 0.1) is 19.9 Å². The normalized spacial score (nSPS) is 10.3. The van der Waals surface area contributed by atoms with E-state index >= 15 is 0 Å². The van der Waals surface area contributed by atoms with Crippen molar-refractivity contribution in [3.05, 3.63) is 39.7 Å². The molecule has 0 amide bonds. The molecule has 0 saturated heterocycles. The second-order valence-electron chi connectivity index (χ2n) is 3.07. The van der Waals surface area contributed by atoms with E-state index in [0.29, 0.717) is 0 Å². The maximum absolute atomic E-state index is 5.16. The smallest absolute Gasteiger partial charge is 0.120 e. The minimum absolute atomic E-state index is 0.718. The number of rotatable bonds is 3. The Labute approximate surface area is 101 Å². The summed E-state index contributed by atoms with van der Waals surface area (Å²) in [4.78, 5) is 0. The predicted octanol–water partition coefficient (Wildman–Crippen LogP) is 1.94. The average Bonchev–Trinajstić information content (AvgIpc) is 2.65. The zero-order valence-corrected chi connectivity index (χ0v) is 10.4. The Morgan fingerprint density at radius 3 is 3.00 bits per heavy atom. The molecule has 2 aromatic rings. The van der Waals surface area contributed by atoms with Crippen LogP contribution in [-0.4, -0.2) is 22.1 Å². The summed E-state index contributed by atoms with van der Waals surface area (Å²) in [6.45, 7) is 0.718. The second-order valence-corrected chi connectivity index (χ2v) is 4.17. The van der Waals surface area contributed by atoms with Crippen LogP contribution in [0, 0.1) is 3.70 Å². The van der Waals surface area contributed by atoms with Crippen molar-refractivity contribution in [1.29, 1.82) is 0 Å². The van der Waals surface area contributed by atoms with E-state index in [9.17, 15) is 0 Å². The Bertz CT molecular complexity index is 455. The summed E-state index contributed by atoms with van der Waals surface area (Å²) >= 11 is 2.21. The van der Waals surface area contributed by atoms with E-state index in [-0.39, 0.29) is 0 Å². The Morgan fingerprint density at radius 1 is 1.47 bits per heavy atom. The lowest BCUT2D eigenvalue weighted by atomic mass is 10.2. The van der Waals surface area contributed by atoms with Crippen molar-refractivity contribution in [3.63, 3.8) is 0 Å². The molecule has 2 rings (SSSR count). The standard InChI is InChI=1S/C10H10IN3O/c1-15-9-4-2-3-8(5-9)7-14-10(11)6-12-13-14/h2-6H,7H2,1H3. The first kappa shape index (κ1) is 10.4. The van der Waals surface area contributed by atoms with Gasteiger partial charge in [-0.1, -0.05) is 17.3 Å². The number of aromatic nitrogens is 3. The van der Waals surface area contributed by atoms with E-state index in [1.165, 1.54) is 0 Å². The van der Waals surface area contributed by atoms with Crippen LogP contribution in [0.15, 0.2) is 30.5 Å². The van der Waals surface area contributed by atoms with Gasteiger partial charge in [0.1, 0.15) is 9.45 Å². The first-order valence-corrected chi connectivity index (χ1v) is 5.54. The maximum Gasteiger partial charge on any atom is 0.120 e. The zero-order valence-electron chi connectivity index (χ0n) is 8.22. The fourth-order valence-corrected chi connectivity index (χ4v) is 1.69. The number of hydrogen-bond acceptors (Lipinski definition) is 3. The minimum atomic E-state index is 0.718. The van der Waals surface area contributed by atoms with Crippen molar-refractivity contribution in [2.75, 3.05) is 7.11 Å². The minimum Gasteiger partial charge on any atom is -0.497 e. The molecule has 0 saturated carbocycles. The molecule has 0 unspecified atom stereocenters. The summed E-state index contributed by atoms with van der Waals surface area (Å²) in [6, 6.07) is 7.94. The van der Waals surface area contributed by atoms with Gasteiger partial charge < -0.3 is 4.74 Å². The highest BCUT2D eigenvalue weighted by atomic mass is 127. The lowest BCUT2D eigenvalue weighted by molar-refractivity contribution is 0.414. The summed E-state index contributed by atoms with van der Waals surface area (Å²) in [7, 11) is 1.67. The number of halogens is 1. The highest BCUT2D eigenvalue weighted by Gasteiger charge is 2.01. The average molecular weight is 315 g/mol. The van der Waals surface area contributed by atoms with Crippen LogP contribution in [-0.2, 0) is 6.54 Å². The van der Waals surface area contributed by atoms with Gasteiger partial charge in [0.2, 0.25) is 0 Å². The van der Waals surface area contributed by atoms with Crippen molar-refractivity contribution in [3.8, 4) is 5.75 Å². The molecule has 1 aromatic heterocycles. The van der Waals surface area contributed by atoms with E-state index in [0.717, 1.165) is 21.6 Å². The molecule has 4 nitrogen and oxygen atoms in total. The van der Waals surface area contributed by atoms with Gasteiger partial charge in [-0.15, -0.1) is 5.10 Å². The highest BCUT2D eigenvalue weighted by molar-refractivity contribution is 14.1. The summed E-state index contributed by atoms with van der Waals surface area (Å²) in [5.74, 6) is 0.864. The first-order valence-electron chi connectivity index (χ1n) is 4.46. The van der Waals surface area contributed by atoms with Crippen LogP contribution >= 0.6 is 22.6 Å². The number of hydrogen-bond donors (Lipinski definition) is 0. The van der Waals surface area contributed by atoms with Crippen molar-refractivity contribution in [2.45, 2.75) is 6.54 Å². The molecular formula is C10H10IN3O. The SMILES string of the molecule is COc1cccc(Cn2nncc2I)c1. The lowest BCUT2D eigenvalue weighted by Crippen LogP contribution is -2.03. The zero-order chi connectivity index (χ0) is 10.7. The van der Waals surface area contributed by atoms with Crippen LogP contribution in [0.4, 0.5) is 0 Å². The molecule has 0 aliphatic carbocycles. The molecule has 0 radical (unpaired) electrons. The molecule has 0 aliphatic rings. The molecule has 0 bridgehead atoms. The number of nitrogens with zero attached hydrogens (tertiary/aromatic N) is 3. The van der Waals surface area contributed by atoms with Crippen LogP contribution in [0.2, 0.25) is 0 Å². The molecular weight excluding hydrogens is 305 g/mol. The van der Waals surface area contributed by atoms with Crippen molar-refractivity contribution >= 4 is 22.6 Å². The maximum atomic E-state index is 5.16. The van der Waals surface area contributed by atoms with Gasteiger partial charge in [-0.05, 0) is 40.3 Å². The van der Waals surface area contributed by atoms with Gasteiger partial charge >= 0.3 is 0 Å². The fraction of sp³-hybridized carbons (Fsp3) is 0.200. The van der Waals surface area contributed by atoms with E-state index in [1.54, 1.807) is 13.3 Å². The number of benzene rings is 1. The van der Waals surface area contributed by atoms with Crippen molar-refractivity contribution < 1.29 is 4.74 Å². The third-order valence-electron chi connectivity index (χ3n) is 2.04. The summed E-state index contributed by atoms with van der Waals surface area (Å²) < 4.78 is 8.02.